The molecule has 8 heteroatoms. The van der Waals surface area contributed by atoms with Crippen LogP contribution in [0.5, 0.6) is 5.75 Å². The van der Waals surface area contributed by atoms with E-state index in [0.717, 1.165) is 21.7 Å². The number of benzene rings is 1. The Kier molecular flexibility index (Phi) is 5.13. The van der Waals surface area contributed by atoms with Crippen LogP contribution in [0.15, 0.2) is 46.6 Å². The van der Waals surface area contributed by atoms with Gasteiger partial charge in [0.1, 0.15) is 11.4 Å². The second kappa shape index (κ2) is 7.49. The van der Waals surface area contributed by atoms with Crippen LogP contribution in [0.4, 0.5) is 5.13 Å². The lowest BCUT2D eigenvalue weighted by Gasteiger charge is -2.09. The van der Waals surface area contributed by atoms with Crippen molar-refractivity contribution in [3.05, 3.63) is 57.8 Å². The Morgan fingerprint density at radius 2 is 1.92 bits per heavy atom. The van der Waals surface area contributed by atoms with E-state index in [1.807, 2.05) is 43.5 Å². The van der Waals surface area contributed by atoms with E-state index in [2.05, 4.69) is 15.4 Å². The zero-order chi connectivity index (χ0) is 18.7. The van der Waals surface area contributed by atoms with E-state index in [-0.39, 0.29) is 17.4 Å². The van der Waals surface area contributed by atoms with E-state index in [9.17, 15) is 9.59 Å². The van der Waals surface area contributed by atoms with Crippen LogP contribution in [0, 0.1) is 0 Å². The van der Waals surface area contributed by atoms with E-state index in [0.29, 0.717) is 5.13 Å². The lowest BCUT2D eigenvalue weighted by Crippen LogP contribution is -2.23. The highest BCUT2D eigenvalue weighted by Crippen LogP contribution is 2.27. The molecule has 7 nitrogen and oxygen atoms in total. The molecule has 0 fully saturated rings. The minimum absolute atomic E-state index is 0.119. The Labute approximate surface area is 154 Å². The molecular weight excluding hydrogens is 352 g/mol. The van der Waals surface area contributed by atoms with E-state index < -0.39 is 5.91 Å². The molecule has 0 aliphatic rings. The summed E-state index contributed by atoms with van der Waals surface area (Å²) < 4.78 is 6.74. The van der Waals surface area contributed by atoms with Crippen LogP contribution in [-0.4, -0.2) is 26.8 Å². The van der Waals surface area contributed by atoms with E-state index in [4.69, 9.17) is 4.74 Å². The van der Waals surface area contributed by atoms with Crippen LogP contribution >= 0.6 is 11.3 Å². The van der Waals surface area contributed by atoms with Crippen molar-refractivity contribution in [1.82, 2.24) is 14.8 Å². The maximum atomic E-state index is 12.2. The van der Waals surface area contributed by atoms with Gasteiger partial charge in [-0.05, 0) is 44.2 Å². The van der Waals surface area contributed by atoms with Crippen molar-refractivity contribution < 1.29 is 9.53 Å². The number of carbonyl (C=O) groups excluding carboxylic acids is 1. The summed E-state index contributed by atoms with van der Waals surface area (Å²) in [5, 5.41) is 8.94. The average Bonchev–Trinajstić information content (AvgIpc) is 3.06. The summed E-state index contributed by atoms with van der Waals surface area (Å²) in [6.07, 6.45) is 0.119. The van der Waals surface area contributed by atoms with Crippen LogP contribution in [-0.2, 0) is 7.05 Å². The smallest absolute Gasteiger partial charge is 0.277 e. The van der Waals surface area contributed by atoms with Gasteiger partial charge in [-0.1, -0.05) is 0 Å². The maximum absolute atomic E-state index is 12.2. The Hall–Kier alpha value is -3.00. The van der Waals surface area contributed by atoms with Gasteiger partial charge in [0.05, 0.1) is 11.8 Å². The summed E-state index contributed by atoms with van der Waals surface area (Å²) in [6, 6.07) is 10.3. The molecule has 0 bridgehead atoms. The standard InChI is InChI=1S/C18H18N4O3S/c1-11(2)25-13-6-4-12(5-7-13)15-10-26-18(19-15)20-17(24)14-8-9-16(23)22(3)21-14/h4-11H,1-3H3,(H,19,20,24). The highest BCUT2D eigenvalue weighted by molar-refractivity contribution is 7.14. The first-order valence-corrected chi connectivity index (χ1v) is 8.88. The molecule has 0 atom stereocenters. The zero-order valence-corrected chi connectivity index (χ0v) is 15.4. The fourth-order valence-electron chi connectivity index (χ4n) is 2.22. The number of aryl methyl sites for hydroxylation is 1. The highest BCUT2D eigenvalue weighted by atomic mass is 32.1. The topological polar surface area (TPSA) is 86.1 Å². The summed E-state index contributed by atoms with van der Waals surface area (Å²) in [4.78, 5) is 28.0. The minimum atomic E-state index is -0.415. The maximum Gasteiger partial charge on any atom is 0.277 e. The normalized spacial score (nSPS) is 10.8. The number of ether oxygens (including phenoxy) is 1. The zero-order valence-electron chi connectivity index (χ0n) is 14.6. The molecule has 0 radical (unpaired) electrons. The molecule has 0 spiro atoms. The van der Waals surface area contributed by atoms with Crippen LogP contribution < -0.4 is 15.6 Å². The molecule has 1 N–H and O–H groups in total. The molecule has 0 aliphatic heterocycles. The lowest BCUT2D eigenvalue weighted by molar-refractivity contribution is 0.102. The predicted octanol–water partition coefficient (Wildman–Crippen LogP) is 2.94. The van der Waals surface area contributed by atoms with Gasteiger partial charge in [0, 0.05) is 24.1 Å². The van der Waals surface area contributed by atoms with Crippen LogP contribution in [0.1, 0.15) is 24.3 Å². The summed E-state index contributed by atoms with van der Waals surface area (Å²) >= 11 is 1.32. The number of nitrogens with one attached hydrogen (secondary N) is 1. The summed E-state index contributed by atoms with van der Waals surface area (Å²) in [5.74, 6) is 0.385. The molecule has 3 aromatic rings. The second-order valence-electron chi connectivity index (χ2n) is 5.86. The van der Waals surface area contributed by atoms with E-state index in [1.165, 1.54) is 30.5 Å². The number of anilines is 1. The van der Waals surface area contributed by atoms with Gasteiger partial charge in [0.25, 0.3) is 11.5 Å². The largest absolute Gasteiger partial charge is 0.491 e. The van der Waals surface area contributed by atoms with E-state index >= 15 is 0 Å². The molecule has 2 aromatic heterocycles. The van der Waals surface area contributed by atoms with Gasteiger partial charge in [-0.2, -0.15) is 5.10 Å². The molecule has 0 aliphatic carbocycles. The fourth-order valence-corrected chi connectivity index (χ4v) is 2.94. The molecule has 2 heterocycles. The molecular formula is C18H18N4O3S. The van der Waals surface area contributed by atoms with Gasteiger partial charge in [-0.15, -0.1) is 11.3 Å². The molecule has 1 aromatic carbocycles. The number of hydrogen-bond acceptors (Lipinski definition) is 6. The molecule has 3 rings (SSSR count). The predicted molar refractivity (Wildman–Crippen MR) is 101 cm³/mol. The third-order valence-electron chi connectivity index (χ3n) is 3.44. The molecule has 0 unspecified atom stereocenters. The van der Waals surface area contributed by atoms with Crippen molar-refractivity contribution in [1.29, 1.82) is 0 Å². The Morgan fingerprint density at radius 3 is 2.58 bits per heavy atom. The van der Waals surface area contributed by atoms with Crippen molar-refractivity contribution >= 4 is 22.4 Å². The number of aromatic nitrogens is 3. The molecule has 1 amide bonds. The Bertz CT molecular complexity index is 977. The van der Waals surface area contributed by atoms with Crippen LogP contribution in [0.2, 0.25) is 0 Å². The summed E-state index contributed by atoms with van der Waals surface area (Å²) in [6.45, 7) is 3.95. The lowest BCUT2D eigenvalue weighted by atomic mass is 10.2. The first-order valence-electron chi connectivity index (χ1n) is 8.00. The Morgan fingerprint density at radius 1 is 1.19 bits per heavy atom. The van der Waals surface area contributed by atoms with Gasteiger partial charge in [-0.25, -0.2) is 9.67 Å². The van der Waals surface area contributed by atoms with Crippen LogP contribution in [0.3, 0.4) is 0 Å². The molecule has 26 heavy (non-hydrogen) atoms. The Balaban J connectivity index is 1.72. The van der Waals surface area contributed by atoms with Crippen molar-refractivity contribution in [2.75, 3.05) is 5.32 Å². The van der Waals surface area contributed by atoms with Gasteiger partial charge in [0.15, 0.2) is 5.13 Å². The molecule has 0 saturated carbocycles. The van der Waals surface area contributed by atoms with Gasteiger partial charge < -0.3 is 4.74 Å². The highest BCUT2D eigenvalue weighted by Gasteiger charge is 2.12. The third kappa shape index (κ3) is 4.15. The first-order chi connectivity index (χ1) is 12.4. The number of nitrogens with zero attached hydrogens (tertiary/aromatic N) is 3. The van der Waals surface area contributed by atoms with E-state index in [1.54, 1.807) is 0 Å². The molecule has 0 saturated heterocycles. The van der Waals surface area contributed by atoms with Crippen LogP contribution in [0.25, 0.3) is 11.3 Å². The summed E-state index contributed by atoms with van der Waals surface area (Å²) in [5.41, 5.74) is 1.56. The van der Waals surface area contributed by atoms with Crippen molar-refractivity contribution in [2.24, 2.45) is 7.05 Å². The number of thiazole rings is 1. The number of hydrogen-bond donors (Lipinski definition) is 1. The SMILES string of the molecule is CC(C)Oc1ccc(-c2csc(NC(=O)c3ccc(=O)n(C)n3)n2)cc1. The monoisotopic (exact) mass is 370 g/mol. The van der Waals surface area contributed by atoms with Gasteiger partial charge >= 0.3 is 0 Å². The third-order valence-corrected chi connectivity index (χ3v) is 4.20. The van der Waals surface area contributed by atoms with Crippen molar-refractivity contribution in [3.63, 3.8) is 0 Å². The first kappa shape index (κ1) is 17.8. The number of carbonyl (C=O) groups is 1. The fraction of sp³-hybridized carbons (Fsp3) is 0.222. The van der Waals surface area contributed by atoms with Gasteiger partial charge in [-0.3, -0.25) is 14.9 Å². The van der Waals surface area contributed by atoms with Gasteiger partial charge in [0.2, 0.25) is 0 Å². The number of amides is 1. The quantitative estimate of drug-likeness (QED) is 0.746. The second-order valence-corrected chi connectivity index (χ2v) is 6.72. The van der Waals surface area contributed by atoms with Crippen molar-refractivity contribution in [2.45, 2.75) is 20.0 Å². The average molecular weight is 370 g/mol. The van der Waals surface area contributed by atoms with Crippen molar-refractivity contribution in [3.8, 4) is 17.0 Å². The molecule has 134 valence electrons. The minimum Gasteiger partial charge on any atom is -0.491 e. The number of rotatable bonds is 5. The summed E-state index contributed by atoms with van der Waals surface area (Å²) in [7, 11) is 1.49.